The number of aryl methyl sites for hydroxylation is 1. The van der Waals surface area contributed by atoms with Gasteiger partial charge in [-0.05, 0) is 41.6 Å². The maximum atomic E-state index is 13.0. The molecule has 0 aliphatic heterocycles. The second-order valence-electron chi connectivity index (χ2n) is 3.44. The molecule has 1 heterocycles. The maximum Gasteiger partial charge on any atom is 0.123 e. The van der Waals surface area contributed by atoms with Crippen molar-refractivity contribution < 1.29 is 4.39 Å². The molecule has 15 heavy (non-hydrogen) atoms. The van der Waals surface area contributed by atoms with Gasteiger partial charge in [0, 0.05) is 17.6 Å². The van der Waals surface area contributed by atoms with Gasteiger partial charge in [-0.2, -0.15) is 11.3 Å². The summed E-state index contributed by atoms with van der Waals surface area (Å²) in [5, 5.41) is 7.30. The van der Waals surface area contributed by atoms with Crippen molar-refractivity contribution >= 4 is 17.0 Å². The molecule has 2 aromatic rings. The van der Waals surface area contributed by atoms with E-state index in [4.69, 9.17) is 0 Å². The van der Waals surface area contributed by atoms with Crippen LogP contribution in [0.15, 0.2) is 35.0 Å². The molecule has 3 heteroatoms. The molecular weight excluding hydrogens is 209 g/mol. The summed E-state index contributed by atoms with van der Waals surface area (Å²) in [6.07, 6.45) is 0. The average molecular weight is 221 g/mol. The van der Waals surface area contributed by atoms with Crippen LogP contribution in [0.1, 0.15) is 11.1 Å². The molecule has 0 saturated carbocycles. The second-order valence-corrected chi connectivity index (χ2v) is 4.22. The lowest BCUT2D eigenvalue weighted by Gasteiger charge is -2.07. The van der Waals surface area contributed by atoms with Crippen molar-refractivity contribution in [2.75, 3.05) is 5.32 Å². The van der Waals surface area contributed by atoms with E-state index in [9.17, 15) is 4.39 Å². The van der Waals surface area contributed by atoms with E-state index in [1.165, 1.54) is 6.07 Å². The molecule has 0 fully saturated rings. The van der Waals surface area contributed by atoms with Crippen LogP contribution in [0.3, 0.4) is 0 Å². The number of rotatable bonds is 3. The quantitative estimate of drug-likeness (QED) is 0.831. The Kier molecular flexibility index (Phi) is 3.02. The summed E-state index contributed by atoms with van der Waals surface area (Å²) in [6.45, 7) is 2.66. The molecule has 0 bridgehead atoms. The summed E-state index contributed by atoms with van der Waals surface area (Å²) in [6, 6.07) is 6.89. The summed E-state index contributed by atoms with van der Waals surface area (Å²) in [5.41, 5.74) is 3.20. The first-order valence-electron chi connectivity index (χ1n) is 4.77. The molecule has 78 valence electrons. The minimum atomic E-state index is -0.178. The summed E-state index contributed by atoms with van der Waals surface area (Å²) in [5.74, 6) is -0.178. The second kappa shape index (κ2) is 4.45. The van der Waals surface area contributed by atoms with E-state index in [0.29, 0.717) is 6.54 Å². The molecule has 0 aliphatic rings. The minimum Gasteiger partial charge on any atom is -0.380 e. The van der Waals surface area contributed by atoms with E-state index < -0.39 is 0 Å². The highest BCUT2D eigenvalue weighted by molar-refractivity contribution is 7.08. The van der Waals surface area contributed by atoms with Gasteiger partial charge >= 0.3 is 0 Å². The molecule has 0 spiro atoms. The zero-order valence-corrected chi connectivity index (χ0v) is 9.27. The van der Waals surface area contributed by atoms with E-state index in [2.05, 4.69) is 5.32 Å². The highest BCUT2D eigenvalue weighted by Crippen LogP contribution is 2.15. The molecule has 0 aliphatic carbocycles. The van der Waals surface area contributed by atoms with Crippen molar-refractivity contribution in [2.24, 2.45) is 0 Å². The molecule has 0 unspecified atom stereocenters. The number of benzene rings is 1. The standard InChI is InChI=1S/C12H12FNS/c1-9-2-3-11(13)6-10(9)7-14-12-4-5-15-8-12/h2-6,8,14H,7H2,1H3. The monoisotopic (exact) mass is 221 g/mol. The summed E-state index contributed by atoms with van der Waals surface area (Å²) in [4.78, 5) is 0. The zero-order valence-electron chi connectivity index (χ0n) is 8.46. The van der Waals surface area contributed by atoms with Gasteiger partial charge in [-0.3, -0.25) is 0 Å². The van der Waals surface area contributed by atoms with E-state index in [0.717, 1.165) is 16.8 Å². The number of thiophene rings is 1. The predicted molar refractivity (Wildman–Crippen MR) is 62.8 cm³/mol. The first-order chi connectivity index (χ1) is 7.25. The lowest BCUT2D eigenvalue weighted by atomic mass is 10.1. The molecule has 1 aromatic carbocycles. The van der Waals surface area contributed by atoms with Crippen LogP contribution >= 0.6 is 11.3 Å². The zero-order chi connectivity index (χ0) is 10.7. The van der Waals surface area contributed by atoms with Crippen LogP contribution in [-0.2, 0) is 6.54 Å². The van der Waals surface area contributed by atoms with E-state index in [1.807, 2.05) is 23.8 Å². The van der Waals surface area contributed by atoms with Crippen LogP contribution in [0.4, 0.5) is 10.1 Å². The van der Waals surface area contributed by atoms with Crippen molar-refractivity contribution in [3.8, 4) is 0 Å². The highest BCUT2D eigenvalue weighted by Gasteiger charge is 2.00. The van der Waals surface area contributed by atoms with Crippen LogP contribution in [0, 0.1) is 12.7 Å². The Morgan fingerprint density at radius 3 is 2.93 bits per heavy atom. The molecule has 1 N–H and O–H groups in total. The third-order valence-corrected chi connectivity index (χ3v) is 3.00. The van der Waals surface area contributed by atoms with Crippen molar-refractivity contribution in [3.63, 3.8) is 0 Å². The predicted octanol–water partition coefficient (Wildman–Crippen LogP) is 3.81. The van der Waals surface area contributed by atoms with Crippen LogP contribution in [0.2, 0.25) is 0 Å². The number of halogens is 1. The fraction of sp³-hybridized carbons (Fsp3) is 0.167. The largest absolute Gasteiger partial charge is 0.380 e. The minimum absolute atomic E-state index is 0.178. The third-order valence-electron chi connectivity index (χ3n) is 2.32. The van der Waals surface area contributed by atoms with Crippen LogP contribution in [-0.4, -0.2) is 0 Å². The van der Waals surface area contributed by atoms with Gasteiger partial charge in [0.05, 0.1) is 0 Å². The lowest BCUT2D eigenvalue weighted by molar-refractivity contribution is 0.625. The average Bonchev–Trinajstić information content (AvgIpc) is 2.72. The molecule has 0 atom stereocenters. The van der Waals surface area contributed by atoms with Gasteiger partial charge < -0.3 is 5.32 Å². The number of hydrogen-bond acceptors (Lipinski definition) is 2. The molecular formula is C12H12FNS. The Bertz CT molecular complexity index is 437. The molecule has 0 radical (unpaired) electrons. The van der Waals surface area contributed by atoms with Gasteiger partial charge in [-0.25, -0.2) is 4.39 Å². The fourth-order valence-electron chi connectivity index (χ4n) is 1.39. The van der Waals surface area contributed by atoms with Gasteiger partial charge in [0.15, 0.2) is 0 Å². The van der Waals surface area contributed by atoms with Gasteiger partial charge in [0.1, 0.15) is 5.82 Å². The Balaban J connectivity index is 2.07. The number of nitrogens with one attached hydrogen (secondary N) is 1. The number of anilines is 1. The van der Waals surface area contributed by atoms with Gasteiger partial charge in [0.2, 0.25) is 0 Å². The SMILES string of the molecule is Cc1ccc(F)cc1CNc1ccsc1. The summed E-state index contributed by atoms with van der Waals surface area (Å²) in [7, 11) is 0. The Morgan fingerprint density at radius 1 is 1.33 bits per heavy atom. The summed E-state index contributed by atoms with van der Waals surface area (Å²) >= 11 is 1.65. The van der Waals surface area contributed by atoms with E-state index in [1.54, 1.807) is 23.5 Å². The van der Waals surface area contributed by atoms with Gasteiger partial charge in [-0.15, -0.1) is 0 Å². The molecule has 2 rings (SSSR count). The van der Waals surface area contributed by atoms with Gasteiger partial charge in [0.25, 0.3) is 0 Å². The number of hydrogen-bond donors (Lipinski definition) is 1. The fourth-order valence-corrected chi connectivity index (χ4v) is 2.01. The molecule has 0 saturated heterocycles. The topological polar surface area (TPSA) is 12.0 Å². The highest BCUT2D eigenvalue weighted by atomic mass is 32.1. The van der Waals surface area contributed by atoms with Gasteiger partial charge in [-0.1, -0.05) is 6.07 Å². The van der Waals surface area contributed by atoms with Crippen LogP contribution < -0.4 is 5.32 Å². The normalized spacial score (nSPS) is 10.3. The van der Waals surface area contributed by atoms with Crippen molar-refractivity contribution in [3.05, 3.63) is 52.0 Å². The van der Waals surface area contributed by atoms with Crippen molar-refractivity contribution in [1.29, 1.82) is 0 Å². The Labute approximate surface area is 92.6 Å². The Hall–Kier alpha value is -1.35. The Morgan fingerprint density at radius 2 is 2.20 bits per heavy atom. The van der Waals surface area contributed by atoms with E-state index in [-0.39, 0.29) is 5.82 Å². The smallest absolute Gasteiger partial charge is 0.123 e. The first-order valence-corrected chi connectivity index (χ1v) is 5.71. The van der Waals surface area contributed by atoms with Crippen LogP contribution in [0.25, 0.3) is 0 Å². The molecule has 1 aromatic heterocycles. The van der Waals surface area contributed by atoms with Crippen LogP contribution in [0.5, 0.6) is 0 Å². The third kappa shape index (κ3) is 2.57. The van der Waals surface area contributed by atoms with Crippen molar-refractivity contribution in [2.45, 2.75) is 13.5 Å². The molecule has 1 nitrogen and oxygen atoms in total. The van der Waals surface area contributed by atoms with E-state index >= 15 is 0 Å². The maximum absolute atomic E-state index is 13.0. The first kappa shape index (κ1) is 10.2. The lowest BCUT2D eigenvalue weighted by Crippen LogP contribution is -2.00. The summed E-state index contributed by atoms with van der Waals surface area (Å²) < 4.78 is 13.0. The van der Waals surface area contributed by atoms with Crippen molar-refractivity contribution in [1.82, 2.24) is 0 Å². The molecule has 0 amide bonds.